The molecule has 124 valence electrons. The number of sulfonamides is 1. The quantitative estimate of drug-likeness (QED) is 0.521. The minimum atomic E-state index is -3.66. The minimum absolute atomic E-state index is 0.0452. The van der Waals surface area contributed by atoms with Crippen LogP contribution in [-0.4, -0.2) is 33.2 Å². The second-order valence-corrected chi connectivity index (χ2v) is 8.13. The van der Waals surface area contributed by atoms with Crippen LogP contribution in [0, 0.1) is 0 Å². The Kier molecular flexibility index (Phi) is 6.21. The van der Waals surface area contributed by atoms with Gasteiger partial charge in [0.2, 0.25) is 10.0 Å². The van der Waals surface area contributed by atoms with Crippen LogP contribution in [0.4, 0.5) is 10.5 Å². The second kappa shape index (κ2) is 7.30. The summed E-state index contributed by atoms with van der Waals surface area (Å²) < 4.78 is 32.0. The van der Waals surface area contributed by atoms with Gasteiger partial charge < -0.3 is 15.8 Å². The Labute approximate surface area is 138 Å². The third-order valence-electron chi connectivity index (χ3n) is 2.37. The first kappa shape index (κ1) is 18.7. The van der Waals surface area contributed by atoms with Crippen molar-refractivity contribution in [1.29, 1.82) is 0 Å². The monoisotopic (exact) mass is 393 g/mol. The van der Waals surface area contributed by atoms with E-state index in [1.165, 1.54) is 18.2 Å². The Bertz CT molecular complexity index is 641. The zero-order valence-corrected chi connectivity index (χ0v) is 15.0. The van der Waals surface area contributed by atoms with E-state index in [2.05, 4.69) is 26.0 Å². The maximum Gasteiger partial charge on any atom is 0.407 e. The fourth-order valence-corrected chi connectivity index (χ4v) is 3.01. The summed E-state index contributed by atoms with van der Waals surface area (Å²) in [6.07, 6.45) is -0.595. The van der Waals surface area contributed by atoms with Crippen LogP contribution in [0.3, 0.4) is 0 Å². The molecule has 4 N–H and O–H groups in total. The number of nitrogens with one attached hydrogen (secondary N) is 2. The predicted octanol–water partition coefficient (Wildman–Crippen LogP) is 1.83. The maximum absolute atomic E-state index is 12.1. The molecule has 0 fully saturated rings. The lowest BCUT2D eigenvalue weighted by Gasteiger charge is -2.19. The SMILES string of the molecule is CC(C)(C)OC(=O)NCCNS(=O)(=O)c1ccc(N)c(Br)c1. The summed E-state index contributed by atoms with van der Waals surface area (Å²) in [5.41, 5.74) is 5.47. The van der Waals surface area contributed by atoms with Gasteiger partial charge >= 0.3 is 6.09 Å². The number of nitrogen functional groups attached to an aromatic ring is 1. The fraction of sp³-hybridized carbons (Fsp3) is 0.462. The summed E-state index contributed by atoms with van der Waals surface area (Å²) in [5.74, 6) is 0. The van der Waals surface area contributed by atoms with Gasteiger partial charge in [0.15, 0.2) is 0 Å². The molecule has 7 nitrogen and oxygen atoms in total. The third-order valence-corrected chi connectivity index (χ3v) is 4.51. The van der Waals surface area contributed by atoms with E-state index >= 15 is 0 Å². The molecule has 0 aliphatic rings. The van der Waals surface area contributed by atoms with Gasteiger partial charge in [-0.25, -0.2) is 17.9 Å². The molecule has 0 aromatic heterocycles. The molecule has 22 heavy (non-hydrogen) atoms. The molecule has 0 aliphatic heterocycles. The van der Waals surface area contributed by atoms with Crippen molar-refractivity contribution in [2.24, 2.45) is 0 Å². The van der Waals surface area contributed by atoms with Crippen LogP contribution in [0.1, 0.15) is 20.8 Å². The van der Waals surface area contributed by atoms with Crippen LogP contribution in [-0.2, 0) is 14.8 Å². The molecule has 0 unspecified atom stereocenters. The maximum atomic E-state index is 12.1. The van der Waals surface area contributed by atoms with Crippen molar-refractivity contribution in [3.63, 3.8) is 0 Å². The minimum Gasteiger partial charge on any atom is -0.444 e. The van der Waals surface area contributed by atoms with Crippen molar-refractivity contribution >= 4 is 37.7 Å². The van der Waals surface area contributed by atoms with E-state index in [0.29, 0.717) is 10.2 Å². The Morgan fingerprint density at radius 1 is 1.32 bits per heavy atom. The second-order valence-electron chi connectivity index (χ2n) is 5.51. The average molecular weight is 394 g/mol. The normalized spacial score (nSPS) is 12.0. The lowest BCUT2D eigenvalue weighted by molar-refractivity contribution is 0.0529. The molecule has 1 aromatic rings. The van der Waals surface area contributed by atoms with Gasteiger partial charge in [0.05, 0.1) is 4.90 Å². The topological polar surface area (TPSA) is 111 Å². The van der Waals surface area contributed by atoms with Crippen LogP contribution < -0.4 is 15.8 Å². The van der Waals surface area contributed by atoms with Gasteiger partial charge in [-0.2, -0.15) is 0 Å². The smallest absolute Gasteiger partial charge is 0.407 e. The molecule has 1 aromatic carbocycles. The average Bonchev–Trinajstić information content (AvgIpc) is 2.36. The summed E-state index contributed by atoms with van der Waals surface area (Å²) in [5, 5.41) is 2.47. The number of rotatable bonds is 5. The zero-order chi connectivity index (χ0) is 17.0. The number of ether oxygens (including phenoxy) is 1. The van der Waals surface area contributed by atoms with Crippen molar-refractivity contribution in [2.75, 3.05) is 18.8 Å². The molecule has 0 spiro atoms. The highest BCUT2D eigenvalue weighted by atomic mass is 79.9. The van der Waals surface area contributed by atoms with Crippen molar-refractivity contribution < 1.29 is 17.9 Å². The molecule has 1 amide bonds. The van der Waals surface area contributed by atoms with E-state index in [1.54, 1.807) is 20.8 Å². The molecule has 0 aliphatic carbocycles. The number of nitrogens with two attached hydrogens (primary N) is 1. The van der Waals surface area contributed by atoms with E-state index in [4.69, 9.17) is 10.5 Å². The number of carbonyl (C=O) groups is 1. The van der Waals surface area contributed by atoms with Gasteiger partial charge in [-0.1, -0.05) is 0 Å². The summed E-state index contributed by atoms with van der Waals surface area (Å²) >= 11 is 3.18. The lowest BCUT2D eigenvalue weighted by Crippen LogP contribution is -2.37. The summed E-state index contributed by atoms with van der Waals surface area (Å²) in [6.45, 7) is 5.39. The highest BCUT2D eigenvalue weighted by Gasteiger charge is 2.17. The highest BCUT2D eigenvalue weighted by molar-refractivity contribution is 9.10. The number of anilines is 1. The lowest BCUT2D eigenvalue weighted by atomic mass is 10.2. The van der Waals surface area contributed by atoms with E-state index in [0.717, 1.165) is 0 Å². The van der Waals surface area contributed by atoms with E-state index in [-0.39, 0.29) is 18.0 Å². The van der Waals surface area contributed by atoms with Gasteiger partial charge in [-0.15, -0.1) is 0 Å². The van der Waals surface area contributed by atoms with Crippen LogP contribution >= 0.6 is 15.9 Å². The number of alkyl carbamates (subject to hydrolysis) is 1. The first-order valence-corrected chi connectivity index (χ1v) is 8.80. The number of carbonyl (C=O) groups excluding carboxylic acids is 1. The third kappa shape index (κ3) is 6.20. The summed E-state index contributed by atoms with van der Waals surface area (Å²) in [4.78, 5) is 11.5. The largest absolute Gasteiger partial charge is 0.444 e. The molecule has 9 heteroatoms. The van der Waals surface area contributed by atoms with Crippen LogP contribution in [0.25, 0.3) is 0 Å². The van der Waals surface area contributed by atoms with E-state index < -0.39 is 21.7 Å². The first-order valence-electron chi connectivity index (χ1n) is 6.53. The predicted molar refractivity (Wildman–Crippen MR) is 88.0 cm³/mol. The molecule has 1 rings (SSSR count). The van der Waals surface area contributed by atoms with Gasteiger partial charge in [-0.3, -0.25) is 0 Å². The van der Waals surface area contributed by atoms with Crippen LogP contribution in [0.15, 0.2) is 27.6 Å². The molecule has 0 heterocycles. The van der Waals surface area contributed by atoms with Crippen LogP contribution in [0.2, 0.25) is 0 Å². The Hall–Kier alpha value is -1.32. The zero-order valence-electron chi connectivity index (χ0n) is 12.6. The first-order chi connectivity index (χ1) is 10.0. The number of halogens is 1. The van der Waals surface area contributed by atoms with E-state index in [1.807, 2.05) is 0 Å². The number of benzene rings is 1. The highest BCUT2D eigenvalue weighted by Crippen LogP contribution is 2.22. The van der Waals surface area contributed by atoms with E-state index in [9.17, 15) is 13.2 Å². The summed E-state index contributed by atoms with van der Waals surface area (Å²) in [6, 6.07) is 4.32. The van der Waals surface area contributed by atoms with Crippen molar-refractivity contribution in [2.45, 2.75) is 31.3 Å². The van der Waals surface area contributed by atoms with Gasteiger partial charge in [-0.05, 0) is 54.9 Å². The van der Waals surface area contributed by atoms with Crippen LogP contribution in [0.5, 0.6) is 0 Å². The molecule has 0 saturated heterocycles. The Morgan fingerprint density at radius 3 is 2.50 bits per heavy atom. The summed E-state index contributed by atoms with van der Waals surface area (Å²) in [7, 11) is -3.66. The molecule has 0 bridgehead atoms. The molecule has 0 atom stereocenters. The van der Waals surface area contributed by atoms with Gasteiger partial charge in [0.25, 0.3) is 0 Å². The van der Waals surface area contributed by atoms with Gasteiger partial charge in [0, 0.05) is 23.2 Å². The number of hydrogen-bond acceptors (Lipinski definition) is 5. The number of hydrogen-bond donors (Lipinski definition) is 3. The van der Waals surface area contributed by atoms with Gasteiger partial charge in [0.1, 0.15) is 5.60 Å². The standard InChI is InChI=1S/C13H20BrN3O4S/c1-13(2,3)21-12(18)16-6-7-17-22(19,20)9-4-5-11(15)10(14)8-9/h4-5,8,17H,6-7,15H2,1-3H3,(H,16,18). The molecule has 0 saturated carbocycles. The Balaban J connectivity index is 2.50. The number of amides is 1. The Morgan fingerprint density at radius 2 is 1.95 bits per heavy atom. The fourth-order valence-electron chi connectivity index (χ4n) is 1.42. The van der Waals surface area contributed by atoms with Crippen molar-refractivity contribution in [3.05, 3.63) is 22.7 Å². The molecular formula is C13H20BrN3O4S. The molecule has 0 radical (unpaired) electrons. The molecular weight excluding hydrogens is 374 g/mol. The van der Waals surface area contributed by atoms with Crippen molar-refractivity contribution in [1.82, 2.24) is 10.0 Å². The van der Waals surface area contributed by atoms with Crippen molar-refractivity contribution in [3.8, 4) is 0 Å².